The zero-order valence-electron chi connectivity index (χ0n) is 16.2. The Morgan fingerprint density at radius 2 is 1.77 bits per heavy atom. The van der Waals surface area contributed by atoms with E-state index in [0.717, 1.165) is 30.9 Å². The van der Waals surface area contributed by atoms with Gasteiger partial charge in [-0.15, -0.1) is 0 Å². The van der Waals surface area contributed by atoms with Crippen LogP contribution in [0.5, 0.6) is 0 Å². The van der Waals surface area contributed by atoms with Gasteiger partial charge in [-0.3, -0.25) is 4.79 Å². The molecule has 0 bridgehead atoms. The van der Waals surface area contributed by atoms with Gasteiger partial charge in [-0.2, -0.15) is 0 Å². The normalized spacial score (nSPS) is 14.4. The van der Waals surface area contributed by atoms with Gasteiger partial charge in [-0.1, -0.05) is 24.3 Å². The van der Waals surface area contributed by atoms with Crippen molar-refractivity contribution in [2.45, 2.75) is 52.9 Å². The van der Waals surface area contributed by atoms with Crippen LogP contribution >= 0.6 is 0 Å². The average Bonchev–Trinajstić information content (AvgIpc) is 3.47. The fourth-order valence-electron chi connectivity index (χ4n) is 2.37. The van der Waals surface area contributed by atoms with E-state index < -0.39 is 0 Å². The van der Waals surface area contributed by atoms with Gasteiger partial charge in [0.2, 0.25) is 5.91 Å². The van der Waals surface area contributed by atoms with Crippen LogP contribution in [0.3, 0.4) is 0 Å². The number of guanidine groups is 1. The molecule has 6 heteroatoms. The molecular weight excluding hydrogens is 328 g/mol. The average molecular weight is 361 g/mol. The van der Waals surface area contributed by atoms with Crippen molar-refractivity contribution < 1.29 is 9.53 Å². The van der Waals surface area contributed by atoms with Crippen molar-refractivity contribution in [3.8, 4) is 0 Å². The topological polar surface area (TPSA) is 74.8 Å². The first kappa shape index (κ1) is 20.2. The molecule has 6 nitrogen and oxygen atoms in total. The third-order valence-electron chi connectivity index (χ3n) is 4.04. The van der Waals surface area contributed by atoms with Crippen molar-refractivity contribution in [3.63, 3.8) is 0 Å². The van der Waals surface area contributed by atoms with Crippen LogP contribution in [0.1, 0.15) is 44.7 Å². The van der Waals surface area contributed by atoms with Gasteiger partial charge in [-0.25, -0.2) is 4.99 Å². The van der Waals surface area contributed by atoms with E-state index in [1.165, 1.54) is 5.56 Å². The number of hydrogen-bond donors (Lipinski definition) is 3. The number of benzene rings is 1. The maximum atomic E-state index is 11.6. The second-order valence-corrected chi connectivity index (χ2v) is 6.86. The third kappa shape index (κ3) is 7.87. The van der Waals surface area contributed by atoms with E-state index >= 15 is 0 Å². The number of nitrogens with zero attached hydrogens (tertiary/aromatic N) is 1. The van der Waals surface area contributed by atoms with Gasteiger partial charge < -0.3 is 20.7 Å². The fraction of sp³-hybridized carbons (Fsp3) is 0.600. The summed E-state index contributed by atoms with van der Waals surface area (Å²) in [5, 5.41) is 9.43. The van der Waals surface area contributed by atoms with Gasteiger partial charge in [0.15, 0.2) is 5.96 Å². The summed E-state index contributed by atoms with van der Waals surface area (Å²) < 4.78 is 5.61. The largest absolute Gasteiger partial charge is 0.374 e. The Kier molecular flexibility index (Phi) is 8.41. The Labute approximate surface area is 156 Å². The molecule has 0 aliphatic heterocycles. The summed E-state index contributed by atoms with van der Waals surface area (Å²) in [4.78, 5) is 16.2. The highest BCUT2D eigenvalue weighted by Gasteiger charge is 2.28. The van der Waals surface area contributed by atoms with Gasteiger partial charge in [0.1, 0.15) is 0 Å². The molecule has 0 spiro atoms. The lowest BCUT2D eigenvalue weighted by molar-refractivity contribution is -0.122. The van der Waals surface area contributed by atoms with Crippen LogP contribution in [0, 0.1) is 5.92 Å². The molecular formula is C20H32N4O2. The number of ether oxygens (including phenoxy) is 1. The number of carbonyl (C=O) groups excluding carboxylic acids is 1. The highest BCUT2D eigenvalue weighted by molar-refractivity contribution is 5.81. The van der Waals surface area contributed by atoms with Crippen LogP contribution in [0.15, 0.2) is 29.3 Å². The lowest BCUT2D eigenvalue weighted by Gasteiger charge is -2.12. The first-order valence-corrected chi connectivity index (χ1v) is 9.57. The maximum absolute atomic E-state index is 11.6. The minimum absolute atomic E-state index is 0.176. The molecule has 1 saturated carbocycles. The molecule has 3 N–H and O–H groups in total. The van der Waals surface area contributed by atoms with Gasteiger partial charge >= 0.3 is 0 Å². The summed E-state index contributed by atoms with van der Waals surface area (Å²) in [6.45, 7) is 9.43. The van der Waals surface area contributed by atoms with Crippen LogP contribution < -0.4 is 16.0 Å². The Hall–Kier alpha value is -2.08. The summed E-state index contributed by atoms with van der Waals surface area (Å²) in [7, 11) is 0. The number of aliphatic imine (C=N–C) groups is 1. The summed E-state index contributed by atoms with van der Waals surface area (Å²) in [6, 6.07) is 8.34. The van der Waals surface area contributed by atoms with Gasteiger partial charge in [-0.05, 0) is 44.7 Å². The lowest BCUT2D eigenvalue weighted by Crippen LogP contribution is -2.41. The van der Waals surface area contributed by atoms with Gasteiger partial charge in [0.25, 0.3) is 0 Å². The highest BCUT2D eigenvalue weighted by atomic mass is 16.5. The molecule has 0 saturated heterocycles. The van der Waals surface area contributed by atoms with Crippen LogP contribution in [0.2, 0.25) is 0 Å². The summed E-state index contributed by atoms with van der Waals surface area (Å²) in [5.41, 5.74) is 2.32. The maximum Gasteiger partial charge on any atom is 0.223 e. The molecule has 2 rings (SSSR count). The van der Waals surface area contributed by atoms with Crippen LogP contribution in [0.25, 0.3) is 0 Å². The molecule has 0 atom stereocenters. The van der Waals surface area contributed by atoms with Crippen molar-refractivity contribution in [3.05, 3.63) is 35.4 Å². The SMILES string of the molecule is CCNC(=NCc1ccc(COC(C)C)cc1)NCCNC(=O)C1CC1. The standard InChI is InChI=1S/C20H32N4O2/c1-4-21-20(23-12-11-22-19(25)18-9-10-18)24-13-16-5-7-17(8-6-16)14-26-15(2)3/h5-8,15,18H,4,9-14H2,1-3H3,(H,22,25)(H2,21,23,24). The molecule has 1 aliphatic carbocycles. The Morgan fingerprint density at radius 3 is 2.38 bits per heavy atom. The minimum atomic E-state index is 0.176. The van der Waals surface area contributed by atoms with E-state index in [9.17, 15) is 4.79 Å². The molecule has 26 heavy (non-hydrogen) atoms. The Morgan fingerprint density at radius 1 is 1.12 bits per heavy atom. The van der Waals surface area contributed by atoms with Crippen LogP contribution in [0.4, 0.5) is 0 Å². The summed E-state index contributed by atoms with van der Waals surface area (Å²) >= 11 is 0. The number of rotatable bonds is 10. The van der Waals surface area contributed by atoms with E-state index in [1.54, 1.807) is 0 Å². The highest BCUT2D eigenvalue weighted by Crippen LogP contribution is 2.28. The Balaban J connectivity index is 1.74. The molecule has 144 valence electrons. The van der Waals surface area contributed by atoms with Crippen LogP contribution in [-0.4, -0.2) is 37.6 Å². The number of amides is 1. The number of carbonyl (C=O) groups is 1. The van der Waals surface area contributed by atoms with E-state index in [0.29, 0.717) is 26.2 Å². The number of hydrogen-bond acceptors (Lipinski definition) is 3. The van der Waals surface area contributed by atoms with Crippen molar-refractivity contribution in [2.75, 3.05) is 19.6 Å². The van der Waals surface area contributed by atoms with Crippen molar-refractivity contribution in [1.82, 2.24) is 16.0 Å². The predicted molar refractivity (Wildman–Crippen MR) is 105 cm³/mol. The summed E-state index contributed by atoms with van der Waals surface area (Å²) in [5.74, 6) is 1.20. The van der Waals surface area contributed by atoms with E-state index in [4.69, 9.17) is 4.74 Å². The van der Waals surface area contributed by atoms with Crippen molar-refractivity contribution in [1.29, 1.82) is 0 Å². The molecule has 1 aromatic rings. The summed E-state index contributed by atoms with van der Waals surface area (Å²) in [6.07, 6.45) is 2.30. The predicted octanol–water partition coefficient (Wildman–Crippen LogP) is 2.19. The molecule has 1 fully saturated rings. The molecule has 0 unspecified atom stereocenters. The zero-order chi connectivity index (χ0) is 18.8. The monoisotopic (exact) mass is 360 g/mol. The minimum Gasteiger partial charge on any atom is -0.374 e. The van der Waals surface area contributed by atoms with Crippen LogP contribution in [-0.2, 0) is 22.7 Å². The van der Waals surface area contributed by atoms with Crippen molar-refractivity contribution in [2.24, 2.45) is 10.9 Å². The molecule has 1 aliphatic rings. The zero-order valence-corrected chi connectivity index (χ0v) is 16.2. The first-order valence-electron chi connectivity index (χ1n) is 9.57. The van der Waals surface area contributed by atoms with E-state index in [1.807, 2.05) is 20.8 Å². The second kappa shape index (κ2) is 10.8. The van der Waals surface area contributed by atoms with E-state index in [2.05, 4.69) is 45.2 Å². The molecule has 1 aromatic carbocycles. The fourth-order valence-corrected chi connectivity index (χ4v) is 2.37. The molecule has 0 radical (unpaired) electrons. The van der Waals surface area contributed by atoms with Crippen molar-refractivity contribution >= 4 is 11.9 Å². The first-order chi connectivity index (χ1) is 12.6. The quantitative estimate of drug-likeness (QED) is 0.340. The van der Waals surface area contributed by atoms with Gasteiger partial charge in [0, 0.05) is 25.6 Å². The number of nitrogens with one attached hydrogen (secondary N) is 3. The second-order valence-electron chi connectivity index (χ2n) is 6.86. The van der Waals surface area contributed by atoms with Gasteiger partial charge in [0.05, 0.1) is 19.3 Å². The Bertz CT molecular complexity index is 580. The third-order valence-corrected chi connectivity index (χ3v) is 4.04. The smallest absolute Gasteiger partial charge is 0.223 e. The molecule has 0 aromatic heterocycles. The molecule has 1 amide bonds. The lowest BCUT2D eigenvalue weighted by atomic mass is 10.1. The van der Waals surface area contributed by atoms with E-state index in [-0.39, 0.29) is 17.9 Å². The molecule has 0 heterocycles.